The number of morpholine rings is 1. The van der Waals surface area contributed by atoms with Crippen LogP contribution < -0.4 is 4.90 Å². The van der Waals surface area contributed by atoms with Crippen LogP contribution >= 0.6 is 0 Å². The van der Waals surface area contributed by atoms with Gasteiger partial charge < -0.3 is 14.7 Å². The number of benzene rings is 1. The number of halogens is 2. The van der Waals surface area contributed by atoms with Gasteiger partial charge in [-0.3, -0.25) is 0 Å². The largest absolute Gasteiger partial charge is 0.478 e. The van der Waals surface area contributed by atoms with E-state index in [-0.39, 0.29) is 0 Å². The van der Waals surface area contributed by atoms with Gasteiger partial charge >= 0.3 is 5.97 Å². The normalized spacial score (nSPS) is 16.0. The highest BCUT2D eigenvalue weighted by Gasteiger charge is 2.20. The first-order valence-corrected chi connectivity index (χ1v) is 5.14. The van der Waals surface area contributed by atoms with E-state index in [0.29, 0.717) is 32.0 Å². The standard InChI is InChI=1S/C11H11F2NO3/c12-9-6-7(14-1-3-17-4-2-14)5-8(10(9)13)11(15)16/h5-6H,1-4H2,(H,15,16). The van der Waals surface area contributed by atoms with Gasteiger partial charge in [0.1, 0.15) is 5.56 Å². The lowest BCUT2D eigenvalue weighted by atomic mass is 10.1. The van der Waals surface area contributed by atoms with E-state index in [2.05, 4.69) is 0 Å². The Bertz CT molecular complexity index is 445. The highest BCUT2D eigenvalue weighted by molar-refractivity contribution is 5.89. The summed E-state index contributed by atoms with van der Waals surface area (Å²) in [5.74, 6) is -3.95. The first-order valence-electron chi connectivity index (χ1n) is 5.14. The monoisotopic (exact) mass is 243 g/mol. The zero-order chi connectivity index (χ0) is 12.4. The van der Waals surface area contributed by atoms with Gasteiger partial charge in [0.25, 0.3) is 0 Å². The Labute approximate surface area is 96.4 Å². The van der Waals surface area contributed by atoms with Crippen molar-refractivity contribution in [2.75, 3.05) is 31.2 Å². The van der Waals surface area contributed by atoms with Gasteiger partial charge in [-0.1, -0.05) is 0 Å². The lowest BCUT2D eigenvalue weighted by Crippen LogP contribution is -2.36. The second-order valence-corrected chi connectivity index (χ2v) is 3.69. The van der Waals surface area contributed by atoms with E-state index < -0.39 is 23.2 Å². The van der Waals surface area contributed by atoms with Gasteiger partial charge in [0.15, 0.2) is 11.6 Å². The summed E-state index contributed by atoms with van der Waals surface area (Å²) in [6.45, 7) is 2.04. The molecule has 17 heavy (non-hydrogen) atoms. The lowest BCUT2D eigenvalue weighted by molar-refractivity contribution is 0.0690. The number of rotatable bonds is 2. The second-order valence-electron chi connectivity index (χ2n) is 3.69. The van der Waals surface area contributed by atoms with Crippen molar-refractivity contribution in [1.82, 2.24) is 0 Å². The number of anilines is 1. The van der Waals surface area contributed by atoms with Crippen molar-refractivity contribution < 1.29 is 23.4 Å². The molecule has 1 aromatic rings. The first-order chi connectivity index (χ1) is 8.09. The smallest absolute Gasteiger partial charge is 0.338 e. The van der Waals surface area contributed by atoms with Crippen LogP contribution in [0.5, 0.6) is 0 Å². The molecule has 1 saturated heterocycles. The molecule has 1 heterocycles. The molecule has 4 nitrogen and oxygen atoms in total. The predicted molar refractivity (Wildman–Crippen MR) is 56.3 cm³/mol. The molecule has 1 aromatic carbocycles. The van der Waals surface area contributed by atoms with Crippen LogP contribution in [0, 0.1) is 11.6 Å². The summed E-state index contributed by atoms with van der Waals surface area (Å²) in [4.78, 5) is 12.5. The zero-order valence-corrected chi connectivity index (χ0v) is 8.95. The third-order valence-electron chi connectivity index (χ3n) is 2.62. The van der Waals surface area contributed by atoms with Crippen molar-refractivity contribution in [2.45, 2.75) is 0 Å². The number of carboxylic acids is 1. The third-order valence-corrected chi connectivity index (χ3v) is 2.62. The number of carbonyl (C=O) groups is 1. The van der Waals surface area contributed by atoms with Crippen LogP contribution in [0.25, 0.3) is 0 Å². The molecule has 1 N–H and O–H groups in total. The molecule has 1 aliphatic rings. The molecule has 6 heteroatoms. The van der Waals surface area contributed by atoms with Crippen molar-refractivity contribution in [1.29, 1.82) is 0 Å². The molecule has 92 valence electrons. The van der Waals surface area contributed by atoms with E-state index in [0.717, 1.165) is 12.1 Å². The molecular weight excluding hydrogens is 232 g/mol. The van der Waals surface area contributed by atoms with E-state index in [1.165, 1.54) is 0 Å². The average molecular weight is 243 g/mol. The van der Waals surface area contributed by atoms with Gasteiger partial charge in [-0.2, -0.15) is 0 Å². The van der Waals surface area contributed by atoms with E-state index in [9.17, 15) is 13.6 Å². The molecule has 0 bridgehead atoms. The fourth-order valence-electron chi connectivity index (χ4n) is 1.73. The summed E-state index contributed by atoms with van der Waals surface area (Å²) >= 11 is 0. The van der Waals surface area contributed by atoms with Crippen molar-refractivity contribution in [3.63, 3.8) is 0 Å². The predicted octanol–water partition coefficient (Wildman–Crippen LogP) is 1.50. The van der Waals surface area contributed by atoms with Crippen LogP contribution in [0.3, 0.4) is 0 Å². The van der Waals surface area contributed by atoms with Crippen molar-refractivity contribution in [3.8, 4) is 0 Å². The van der Waals surface area contributed by atoms with E-state index in [4.69, 9.17) is 9.84 Å². The maximum absolute atomic E-state index is 13.3. The fraction of sp³-hybridized carbons (Fsp3) is 0.364. The Morgan fingerprint density at radius 3 is 2.53 bits per heavy atom. The molecule has 0 saturated carbocycles. The van der Waals surface area contributed by atoms with Crippen molar-refractivity contribution in [3.05, 3.63) is 29.3 Å². The molecule has 0 spiro atoms. The topological polar surface area (TPSA) is 49.8 Å². The highest BCUT2D eigenvalue weighted by atomic mass is 19.2. The Balaban J connectivity index is 2.37. The van der Waals surface area contributed by atoms with Gasteiger partial charge in [0.05, 0.1) is 13.2 Å². The van der Waals surface area contributed by atoms with Crippen LogP contribution in [0.4, 0.5) is 14.5 Å². The van der Waals surface area contributed by atoms with Gasteiger partial charge in [-0.25, -0.2) is 13.6 Å². The molecule has 0 atom stereocenters. The maximum Gasteiger partial charge on any atom is 0.338 e. The van der Waals surface area contributed by atoms with Crippen LogP contribution in [0.1, 0.15) is 10.4 Å². The number of carboxylic acid groups (broad SMARTS) is 1. The molecule has 1 fully saturated rings. The van der Waals surface area contributed by atoms with Crippen molar-refractivity contribution >= 4 is 11.7 Å². The van der Waals surface area contributed by atoms with Crippen LogP contribution in [0.15, 0.2) is 12.1 Å². The Kier molecular flexibility index (Phi) is 3.23. The van der Waals surface area contributed by atoms with Crippen LogP contribution in [-0.4, -0.2) is 37.4 Å². The summed E-state index contributed by atoms with van der Waals surface area (Å²) in [6.07, 6.45) is 0. The SMILES string of the molecule is O=C(O)c1cc(N2CCOCC2)cc(F)c1F. The van der Waals surface area contributed by atoms with Crippen LogP contribution in [-0.2, 0) is 4.74 Å². The maximum atomic E-state index is 13.3. The van der Waals surface area contributed by atoms with Crippen molar-refractivity contribution in [2.24, 2.45) is 0 Å². The number of nitrogens with zero attached hydrogens (tertiary/aromatic N) is 1. The minimum absolute atomic E-state index is 0.365. The minimum Gasteiger partial charge on any atom is -0.478 e. The highest BCUT2D eigenvalue weighted by Crippen LogP contribution is 2.22. The van der Waals surface area contributed by atoms with E-state index >= 15 is 0 Å². The number of hydrogen-bond acceptors (Lipinski definition) is 3. The number of ether oxygens (including phenoxy) is 1. The summed E-state index contributed by atoms with van der Waals surface area (Å²) in [5, 5.41) is 8.76. The summed E-state index contributed by atoms with van der Waals surface area (Å²) < 4.78 is 31.6. The van der Waals surface area contributed by atoms with Crippen LogP contribution in [0.2, 0.25) is 0 Å². The Morgan fingerprint density at radius 1 is 1.29 bits per heavy atom. The first kappa shape index (κ1) is 11.8. The molecule has 0 amide bonds. The second kappa shape index (κ2) is 4.67. The average Bonchev–Trinajstić information content (AvgIpc) is 2.33. The van der Waals surface area contributed by atoms with E-state index in [1.54, 1.807) is 4.90 Å². The molecular formula is C11H11F2NO3. The number of aromatic carboxylic acids is 1. The Hall–Kier alpha value is -1.69. The van der Waals surface area contributed by atoms with Gasteiger partial charge in [0, 0.05) is 24.8 Å². The molecule has 2 rings (SSSR count). The zero-order valence-electron chi connectivity index (χ0n) is 8.95. The lowest BCUT2D eigenvalue weighted by Gasteiger charge is -2.29. The fourth-order valence-corrected chi connectivity index (χ4v) is 1.73. The molecule has 1 aliphatic heterocycles. The molecule has 0 aliphatic carbocycles. The third kappa shape index (κ3) is 2.36. The Morgan fingerprint density at radius 2 is 1.94 bits per heavy atom. The van der Waals surface area contributed by atoms with E-state index in [1.807, 2.05) is 0 Å². The summed E-state index contributed by atoms with van der Waals surface area (Å²) in [7, 11) is 0. The van der Waals surface area contributed by atoms with Gasteiger partial charge in [-0.05, 0) is 6.07 Å². The quantitative estimate of drug-likeness (QED) is 0.855. The van der Waals surface area contributed by atoms with Gasteiger partial charge in [0.2, 0.25) is 0 Å². The molecule has 0 radical (unpaired) electrons. The minimum atomic E-state index is -1.48. The van der Waals surface area contributed by atoms with Gasteiger partial charge in [-0.15, -0.1) is 0 Å². The number of hydrogen-bond donors (Lipinski definition) is 1. The summed E-state index contributed by atoms with van der Waals surface area (Å²) in [5.41, 5.74) is -0.281. The molecule has 0 unspecified atom stereocenters. The summed E-state index contributed by atoms with van der Waals surface area (Å²) in [6, 6.07) is 2.15. The molecule has 0 aromatic heterocycles.